The number of rotatable bonds is 6. The molecule has 0 bridgehead atoms. The van der Waals surface area contributed by atoms with Crippen molar-refractivity contribution in [2.75, 3.05) is 26.7 Å². The third-order valence-corrected chi connectivity index (χ3v) is 5.92. The van der Waals surface area contributed by atoms with Gasteiger partial charge >= 0.3 is 0 Å². The highest BCUT2D eigenvalue weighted by atomic mass is 16.5. The van der Waals surface area contributed by atoms with E-state index in [9.17, 15) is 9.90 Å². The number of phenols is 1. The van der Waals surface area contributed by atoms with Crippen LogP contribution < -0.4 is 10.6 Å². The number of ether oxygens (including phenoxy) is 1. The van der Waals surface area contributed by atoms with Crippen LogP contribution in [0.4, 0.5) is 0 Å². The Hall–Kier alpha value is -1.63. The minimum Gasteiger partial charge on any atom is -0.508 e. The van der Waals surface area contributed by atoms with Crippen LogP contribution in [0.15, 0.2) is 18.2 Å². The van der Waals surface area contributed by atoms with Gasteiger partial charge in [-0.15, -0.1) is 0 Å². The summed E-state index contributed by atoms with van der Waals surface area (Å²) in [4.78, 5) is 15.3. The van der Waals surface area contributed by atoms with E-state index < -0.39 is 0 Å². The number of piperidine rings is 1. The quantitative estimate of drug-likeness (QED) is 0.705. The fourth-order valence-electron chi connectivity index (χ4n) is 4.00. The van der Waals surface area contributed by atoms with Crippen LogP contribution in [0.2, 0.25) is 0 Å². The van der Waals surface area contributed by atoms with Crippen molar-refractivity contribution in [3.63, 3.8) is 0 Å². The normalized spacial score (nSPS) is 22.4. The highest BCUT2D eigenvalue weighted by molar-refractivity contribution is 5.82. The number of amides is 1. The third-order valence-electron chi connectivity index (χ3n) is 5.92. The van der Waals surface area contributed by atoms with Crippen molar-refractivity contribution in [1.82, 2.24) is 15.5 Å². The lowest BCUT2D eigenvalue weighted by molar-refractivity contribution is -0.124. The second-order valence-corrected chi connectivity index (χ2v) is 8.19. The van der Waals surface area contributed by atoms with Crippen LogP contribution in [0.1, 0.15) is 37.8 Å². The number of carbonyl (C=O) groups is 1. The van der Waals surface area contributed by atoms with Gasteiger partial charge in [-0.2, -0.15) is 0 Å². The smallest absolute Gasteiger partial charge is 0.237 e. The fourth-order valence-corrected chi connectivity index (χ4v) is 4.00. The van der Waals surface area contributed by atoms with Crippen LogP contribution in [0.25, 0.3) is 0 Å². The van der Waals surface area contributed by atoms with Crippen molar-refractivity contribution in [3.8, 4) is 5.75 Å². The molecule has 2 aliphatic rings. The van der Waals surface area contributed by atoms with Crippen LogP contribution in [0, 0.1) is 5.92 Å². The molecule has 2 aliphatic heterocycles. The number of nitrogens with zero attached hydrogens (tertiary/aromatic N) is 1. The Morgan fingerprint density at radius 2 is 2.07 bits per heavy atom. The molecule has 1 saturated heterocycles. The van der Waals surface area contributed by atoms with Crippen molar-refractivity contribution in [2.24, 2.45) is 5.92 Å². The first-order chi connectivity index (χ1) is 13.0. The third kappa shape index (κ3) is 5.21. The first-order valence-electron chi connectivity index (χ1n) is 10.1. The molecular weight excluding hydrogens is 342 g/mol. The molecule has 1 amide bonds. The number of carbonyl (C=O) groups excluding carboxylic acids is 1. The lowest BCUT2D eigenvalue weighted by Crippen LogP contribution is -2.55. The first kappa shape index (κ1) is 20.1. The van der Waals surface area contributed by atoms with E-state index in [0.29, 0.717) is 25.0 Å². The molecular formula is C21H33N3O3. The van der Waals surface area contributed by atoms with Gasteiger partial charge in [0.15, 0.2) is 0 Å². The van der Waals surface area contributed by atoms with Crippen LogP contribution in [0.3, 0.4) is 0 Å². The largest absolute Gasteiger partial charge is 0.508 e. The van der Waals surface area contributed by atoms with Crippen LogP contribution in [-0.4, -0.2) is 60.8 Å². The average Bonchev–Trinajstić information content (AvgIpc) is 2.67. The van der Waals surface area contributed by atoms with E-state index >= 15 is 0 Å². The molecule has 3 rings (SSSR count). The van der Waals surface area contributed by atoms with E-state index in [4.69, 9.17) is 4.74 Å². The number of nitrogens with one attached hydrogen (secondary N) is 2. The number of methoxy groups -OCH3 is 1. The zero-order valence-corrected chi connectivity index (χ0v) is 16.7. The molecule has 0 radical (unpaired) electrons. The monoisotopic (exact) mass is 375 g/mol. The second kappa shape index (κ2) is 9.04. The minimum absolute atomic E-state index is 0.0687. The van der Waals surface area contributed by atoms with Gasteiger partial charge in [0.25, 0.3) is 0 Å². The van der Waals surface area contributed by atoms with Gasteiger partial charge in [-0.05, 0) is 48.4 Å². The van der Waals surface area contributed by atoms with Gasteiger partial charge in [-0.3, -0.25) is 4.79 Å². The van der Waals surface area contributed by atoms with Gasteiger partial charge in [-0.25, -0.2) is 0 Å². The number of likely N-dealkylation sites (tertiary alicyclic amines) is 1. The van der Waals surface area contributed by atoms with E-state index in [1.54, 1.807) is 19.2 Å². The predicted molar refractivity (Wildman–Crippen MR) is 106 cm³/mol. The summed E-state index contributed by atoms with van der Waals surface area (Å²) < 4.78 is 5.45. The summed E-state index contributed by atoms with van der Waals surface area (Å²) in [6, 6.07) is 5.31. The van der Waals surface area contributed by atoms with E-state index in [0.717, 1.165) is 43.6 Å². The summed E-state index contributed by atoms with van der Waals surface area (Å²) in [7, 11) is 1.79. The Bertz CT molecular complexity index is 642. The molecule has 1 aromatic carbocycles. The van der Waals surface area contributed by atoms with Crippen molar-refractivity contribution in [2.45, 2.75) is 57.8 Å². The van der Waals surface area contributed by atoms with Crippen molar-refractivity contribution in [3.05, 3.63) is 29.3 Å². The zero-order valence-electron chi connectivity index (χ0n) is 16.7. The lowest BCUT2D eigenvalue weighted by atomic mass is 9.94. The maximum absolute atomic E-state index is 12.9. The van der Waals surface area contributed by atoms with Gasteiger partial charge in [0.2, 0.25) is 5.91 Å². The topological polar surface area (TPSA) is 73.8 Å². The molecule has 1 fully saturated rings. The maximum atomic E-state index is 12.9. The molecule has 0 saturated carbocycles. The Kier molecular flexibility index (Phi) is 6.73. The molecule has 2 heterocycles. The molecule has 6 nitrogen and oxygen atoms in total. The van der Waals surface area contributed by atoms with E-state index in [2.05, 4.69) is 29.4 Å². The number of aromatic hydroxyl groups is 1. The van der Waals surface area contributed by atoms with Crippen LogP contribution >= 0.6 is 0 Å². The van der Waals surface area contributed by atoms with Crippen LogP contribution in [-0.2, 0) is 22.5 Å². The Labute approximate surface area is 162 Å². The molecule has 0 aliphatic carbocycles. The highest BCUT2D eigenvalue weighted by Crippen LogP contribution is 2.22. The fraction of sp³-hybridized carbons (Fsp3) is 0.667. The lowest BCUT2D eigenvalue weighted by Gasteiger charge is -2.36. The molecule has 1 aromatic rings. The SMILES string of the molecule is COC1CCN(CC(NC(=O)[C@H]2Cc3ccc(O)cc3CN2)C(C)C)CC1. The zero-order chi connectivity index (χ0) is 19.4. The first-order valence-corrected chi connectivity index (χ1v) is 10.1. The summed E-state index contributed by atoms with van der Waals surface area (Å²) >= 11 is 0. The van der Waals surface area contributed by atoms with Gasteiger partial charge in [0, 0.05) is 39.3 Å². The summed E-state index contributed by atoms with van der Waals surface area (Å²) in [5.41, 5.74) is 2.20. The molecule has 1 unspecified atom stereocenters. The van der Waals surface area contributed by atoms with Crippen molar-refractivity contribution in [1.29, 1.82) is 0 Å². The molecule has 150 valence electrons. The summed E-state index contributed by atoms with van der Waals surface area (Å²) in [6.45, 7) is 7.88. The molecule has 0 aromatic heterocycles. The van der Waals surface area contributed by atoms with Gasteiger partial charge in [0.05, 0.1) is 12.1 Å². The Balaban J connectivity index is 1.55. The molecule has 0 spiro atoms. The maximum Gasteiger partial charge on any atom is 0.237 e. The van der Waals surface area contributed by atoms with E-state index in [1.807, 2.05) is 6.07 Å². The van der Waals surface area contributed by atoms with Crippen molar-refractivity contribution < 1.29 is 14.6 Å². The van der Waals surface area contributed by atoms with Gasteiger partial charge in [-0.1, -0.05) is 19.9 Å². The molecule has 2 atom stereocenters. The Morgan fingerprint density at radius 1 is 1.33 bits per heavy atom. The standard InChI is InChI=1S/C21H33N3O3/c1-14(2)20(13-24-8-6-18(27-3)7-9-24)23-21(26)19-11-15-4-5-17(25)10-16(15)12-22-19/h4-5,10,14,18-20,22,25H,6-9,11-13H2,1-3H3,(H,23,26)/t19-,20?/m1/s1. The van der Waals surface area contributed by atoms with Gasteiger partial charge in [0.1, 0.15) is 5.75 Å². The predicted octanol–water partition coefficient (Wildman–Crippen LogP) is 1.66. The number of fused-ring (bicyclic) bond motifs is 1. The van der Waals surface area contributed by atoms with Gasteiger partial charge < -0.3 is 25.4 Å². The van der Waals surface area contributed by atoms with Crippen LogP contribution in [0.5, 0.6) is 5.75 Å². The Morgan fingerprint density at radius 3 is 2.74 bits per heavy atom. The minimum atomic E-state index is -0.220. The molecule has 6 heteroatoms. The molecule has 3 N–H and O–H groups in total. The summed E-state index contributed by atoms with van der Waals surface area (Å²) in [6.07, 6.45) is 3.15. The van der Waals surface area contributed by atoms with E-state index in [-0.39, 0.29) is 23.7 Å². The van der Waals surface area contributed by atoms with Crippen molar-refractivity contribution >= 4 is 5.91 Å². The average molecular weight is 376 g/mol. The summed E-state index contributed by atoms with van der Waals surface area (Å²) in [5, 5.41) is 16.2. The number of hydrogen-bond acceptors (Lipinski definition) is 5. The highest BCUT2D eigenvalue weighted by Gasteiger charge is 2.28. The second-order valence-electron chi connectivity index (χ2n) is 8.19. The number of hydrogen-bond donors (Lipinski definition) is 3. The number of phenolic OH excluding ortho intramolecular Hbond substituents is 1. The summed E-state index contributed by atoms with van der Waals surface area (Å²) in [5.74, 6) is 0.719. The molecule has 27 heavy (non-hydrogen) atoms. The van der Waals surface area contributed by atoms with E-state index in [1.165, 1.54) is 0 Å². The number of benzene rings is 1.